The molecule has 0 N–H and O–H groups in total. The Hall–Kier alpha value is -0.260. The van der Waals surface area contributed by atoms with Crippen LogP contribution in [0.2, 0.25) is 0 Å². The Morgan fingerprint density at radius 3 is 1.56 bits per heavy atom. The Bertz CT molecular complexity index is 246. The van der Waals surface area contributed by atoms with Gasteiger partial charge in [-0.3, -0.25) is 0 Å². The van der Waals surface area contributed by atoms with Crippen LogP contribution in [0.1, 0.15) is 77.0 Å². The fraction of sp³-hybridized carbons (Fsp3) is 0.875. The molecule has 3 rings (SSSR count). The number of hydrogen-bond donors (Lipinski definition) is 0. The molecule has 0 spiro atoms. The topological polar surface area (TPSA) is 0 Å². The van der Waals surface area contributed by atoms with Crippen molar-refractivity contribution in [3.05, 3.63) is 11.1 Å². The molecule has 0 saturated heterocycles. The molecule has 0 aromatic rings. The smallest absolute Gasteiger partial charge is 0.0286 e. The van der Waals surface area contributed by atoms with Gasteiger partial charge in [0.25, 0.3) is 0 Å². The van der Waals surface area contributed by atoms with E-state index < -0.39 is 0 Å². The van der Waals surface area contributed by atoms with Crippen molar-refractivity contribution in [2.45, 2.75) is 77.0 Å². The molecule has 2 unspecified atom stereocenters. The molecule has 3 aliphatic rings. The predicted molar refractivity (Wildman–Crippen MR) is 69.4 cm³/mol. The Kier molecular flexibility index (Phi) is 3.35. The summed E-state index contributed by atoms with van der Waals surface area (Å²) in [5.41, 5.74) is 3.84. The van der Waals surface area contributed by atoms with E-state index in [1.54, 1.807) is 12.8 Å². The van der Waals surface area contributed by atoms with Gasteiger partial charge in [0.15, 0.2) is 0 Å². The molecule has 0 heterocycles. The van der Waals surface area contributed by atoms with Gasteiger partial charge in [-0.05, 0) is 63.2 Å². The summed E-state index contributed by atoms with van der Waals surface area (Å²) in [5, 5.41) is 0. The van der Waals surface area contributed by atoms with Crippen LogP contribution in [0.3, 0.4) is 0 Å². The van der Waals surface area contributed by atoms with Gasteiger partial charge in [0.1, 0.15) is 0 Å². The van der Waals surface area contributed by atoms with Crippen LogP contribution >= 0.6 is 0 Å². The number of fused-ring (bicyclic) bond motifs is 1. The van der Waals surface area contributed by atoms with Crippen molar-refractivity contribution < 1.29 is 0 Å². The van der Waals surface area contributed by atoms with Crippen molar-refractivity contribution in [2.24, 2.45) is 11.8 Å². The van der Waals surface area contributed by atoms with Crippen molar-refractivity contribution in [1.29, 1.82) is 0 Å². The zero-order valence-corrected chi connectivity index (χ0v) is 10.6. The minimum Gasteiger partial charge on any atom is -0.0707 e. The first-order chi connectivity index (χ1) is 7.93. The highest BCUT2D eigenvalue weighted by atomic mass is 14.4. The zero-order valence-electron chi connectivity index (χ0n) is 10.6. The molecule has 0 amide bonds. The van der Waals surface area contributed by atoms with E-state index in [1.807, 2.05) is 11.1 Å². The van der Waals surface area contributed by atoms with Gasteiger partial charge < -0.3 is 0 Å². The molecule has 0 bridgehead atoms. The SMILES string of the molecule is C1CCCC2=C(CC1)CC1CCCCC1C2. The Morgan fingerprint density at radius 2 is 1.06 bits per heavy atom. The number of rotatable bonds is 0. The van der Waals surface area contributed by atoms with Crippen LogP contribution < -0.4 is 0 Å². The van der Waals surface area contributed by atoms with Gasteiger partial charge in [-0.25, -0.2) is 0 Å². The Balaban J connectivity index is 1.76. The van der Waals surface area contributed by atoms with Crippen molar-refractivity contribution >= 4 is 0 Å². The van der Waals surface area contributed by atoms with Crippen LogP contribution in [0.4, 0.5) is 0 Å². The standard InChI is InChI=1S/C16H26/c1-2-4-8-14-12-16-10-6-5-9-15(16)11-13(14)7-3-1/h15-16H,1-12H2. The molecular formula is C16H26. The van der Waals surface area contributed by atoms with E-state index in [9.17, 15) is 0 Å². The van der Waals surface area contributed by atoms with E-state index in [0.29, 0.717) is 0 Å². The zero-order chi connectivity index (χ0) is 10.8. The van der Waals surface area contributed by atoms with Crippen LogP contribution in [-0.4, -0.2) is 0 Å². The van der Waals surface area contributed by atoms with Crippen molar-refractivity contribution in [1.82, 2.24) is 0 Å². The largest absolute Gasteiger partial charge is 0.0707 e. The van der Waals surface area contributed by atoms with E-state index in [1.165, 1.54) is 64.2 Å². The monoisotopic (exact) mass is 218 g/mol. The van der Waals surface area contributed by atoms with Crippen LogP contribution in [0.25, 0.3) is 0 Å². The summed E-state index contributed by atoms with van der Waals surface area (Å²) in [6.07, 6.45) is 18.0. The summed E-state index contributed by atoms with van der Waals surface area (Å²) in [7, 11) is 0. The van der Waals surface area contributed by atoms with Crippen molar-refractivity contribution in [3.8, 4) is 0 Å². The minimum atomic E-state index is 1.09. The minimum absolute atomic E-state index is 1.09. The van der Waals surface area contributed by atoms with Crippen LogP contribution in [0, 0.1) is 11.8 Å². The first kappa shape index (κ1) is 10.9. The lowest BCUT2D eigenvalue weighted by atomic mass is 9.67. The Labute approximate surface area is 101 Å². The van der Waals surface area contributed by atoms with E-state index in [2.05, 4.69) is 0 Å². The highest BCUT2D eigenvalue weighted by molar-refractivity contribution is 5.20. The molecule has 1 saturated carbocycles. The first-order valence-corrected chi connectivity index (χ1v) is 7.63. The molecule has 0 aromatic carbocycles. The summed E-state index contributed by atoms with van der Waals surface area (Å²) in [5.74, 6) is 2.18. The maximum atomic E-state index is 1.92. The van der Waals surface area contributed by atoms with Gasteiger partial charge in [-0.2, -0.15) is 0 Å². The molecule has 90 valence electrons. The lowest BCUT2D eigenvalue weighted by Gasteiger charge is -2.39. The average Bonchev–Trinajstić information content (AvgIpc) is 2.29. The average molecular weight is 218 g/mol. The van der Waals surface area contributed by atoms with E-state index in [0.717, 1.165) is 11.8 Å². The molecule has 3 aliphatic carbocycles. The summed E-state index contributed by atoms with van der Waals surface area (Å²) < 4.78 is 0. The molecule has 16 heavy (non-hydrogen) atoms. The third-order valence-electron chi connectivity index (χ3n) is 5.29. The second kappa shape index (κ2) is 4.94. The van der Waals surface area contributed by atoms with Crippen molar-refractivity contribution in [2.75, 3.05) is 0 Å². The van der Waals surface area contributed by atoms with Gasteiger partial charge in [-0.15, -0.1) is 0 Å². The highest BCUT2D eigenvalue weighted by Gasteiger charge is 2.31. The molecular weight excluding hydrogens is 192 g/mol. The molecule has 0 aromatic heterocycles. The molecule has 0 aliphatic heterocycles. The molecule has 1 fully saturated rings. The lowest BCUT2D eigenvalue weighted by Crippen LogP contribution is -2.25. The third-order valence-corrected chi connectivity index (χ3v) is 5.29. The maximum Gasteiger partial charge on any atom is -0.0286 e. The quantitative estimate of drug-likeness (QED) is 0.488. The van der Waals surface area contributed by atoms with Gasteiger partial charge >= 0.3 is 0 Å². The highest BCUT2D eigenvalue weighted by Crippen LogP contribution is 2.45. The van der Waals surface area contributed by atoms with Gasteiger partial charge in [0, 0.05) is 0 Å². The van der Waals surface area contributed by atoms with Gasteiger partial charge in [0.05, 0.1) is 0 Å². The predicted octanol–water partition coefficient (Wildman–Crippen LogP) is 5.24. The lowest BCUT2D eigenvalue weighted by molar-refractivity contribution is 0.214. The van der Waals surface area contributed by atoms with Gasteiger partial charge in [0.2, 0.25) is 0 Å². The normalized spacial score (nSPS) is 36.0. The fourth-order valence-electron chi connectivity index (χ4n) is 4.33. The van der Waals surface area contributed by atoms with Crippen molar-refractivity contribution in [3.63, 3.8) is 0 Å². The van der Waals surface area contributed by atoms with Crippen LogP contribution in [-0.2, 0) is 0 Å². The second-order valence-corrected chi connectivity index (χ2v) is 6.33. The number of hydrogen-bond acceptors (Lipinski definition) is 0. The second-order valence-electron chi connectivity index (χ2n) is 6.33. The maximum absolute atomic E-state index is 1.92. The first-order valence-electron chi connectivity index (χ1n) is 7.63. The number of allylic oxidation sites excluding steroid dienone is 2. The molecule has 0 heteroatoms. The molecule has 0 nitrogen and oxygen atoms in total. The third kappa shape index (κ3) is 2.21. The summed E-state index contributed by atoms with van der Waals surface area (Å²) in [4.78, 5) is 0. The van der Waals surface area contributed by atoms with E-state index >= 15 is 0 Å². The van der Waals surface area contributed by atoms with Crippen LogP contribution in [0.5, 0.6) is 0 Å². The fourth-order valence-corrected chi connectivity index (χ4v) is 4.33. The molecule has 0 radical (unpaired) electrons. The van der Waals surface area contributed by atoms with Crippen LogP contribution in [0.15, 0.2) is 11.1 Å². The van der Waals surface area contributed by atoms with E-state index in [-0.39, 0.29) is 0 Å². The summed E-state index contributed by atoms with van der Waals surface area (Å²) in [6, 6.07) is 0. The van der Waals surface area contributed by atoms with E-state index in [4.69, 9.17) is 0 Å². The Morgan fingerprint density at radius 1 is 0.562 bits per heavy atom. The van der Waals surface area contributed by atoms with Gasteiger partial charge in [-0.1, -0.05) is 36.8 Å². The summed E-state index contributed by atoms with van der Waals surface area (Å²) >= 11 is 0. The molecule has 2 atom stereocenters. The summed E-state index contributed by atoms with van der Waals surface area (Å²) in [6.45, 7) is 0.